The highest BCUT2D eigenvalue weighted by molar-refractivity contribution is 8.14. The summed E-state index contributed by atoms with van der Waals surface area (Å²) in [5, 5.41) is 1.69. The molecular weight excluding hydrogens is 368 g/mol. The molecule has 0 bridgehead atoms. The summed E-state index contributed by atoms with van der Waals surface area (Å²) in [4.78, 5) is 12.2. The molecule has 1 fully saturated rings. The quantitative estimate of drug-likeness (QED) is 0.659. The van der Waals surface area contributed by atoms with E-state index in [1.165, 1.54) is 5.69 Å². The number of thioether (sulfide) groups is 1. The number of hydrogen-bond acceptors (Lipinski definition) is 5. The summed E-state index contributed by atoms with van der Waals surface area (Å²) < 4.78 is 7.57. The molecule has 5 nitrogen and oxygen atoms in total. The molecule has 142 valence electrons. The molecule has 2 aliphatic heterocycles. The summed E-state index contributed by atoms with van der Waals surface area (Å²) >= 11 is 1.86. The zero-order valence-corrected chi connectivity index (χ0v) is 16.7. The number of aromatic nitrogens is 2. The zero-order chi connectivity index (χ0) is 19.1. The van der Waals surface area contributed by atoms with Crippen LogP contribution in [0.15, 0.2) is 72.0 Å². The molecular formula is C22H22N4OS. The third kappa shape index (κ3) is 2.88. The molecule has 4 heterocycles. The van der Waals surface area contributed by atoms with Gasteiger partial charge in [-0.05, 0) is 48.5 Å². The third-order valence-electron chi connectivity index (χ3n) is 5.32. The van der Waals surface area contributed by atoms with Crippen LogP contribution in [0.1, 0.15) is 30.4 Å². The lowest BCUT2D eigenvalue weighted by molar-refractivity contribution is 0.312. The second-order valence-corrected chi connectivity index (χ2v) is 8.54. The zero-order valence-electron chi connectivity index (χ0n) is 15.9. The minimum Gasteiger partial charge on any atom is -0.497 e. The Hall–Kier alpha value is -2.73. The maximum Gasteiger partial charge on any atom is 0.160 e. The van der Waals surface area contributed by atoms with Crippen molar-refractivity contribution < 1.29 is 4.74 Å². The molecule has 0 N–H and O–H groups in total. The minimum atomic E-state index is 0.00287. The first-order valence-corrected chi connectivity index (χ1v) is 10.4. The summed E-state index contributed by atoms with van der Waals surface area (Å²) in [5.74, 6) is 0.861. The van der Waals surface area contributed by atoms with Crippen molar-refractivity contribution in [2.45, 2.75) is 24.3 Å². The molecule has 3 atom stereocenters. The van der Waals surface area contributed by atoms with E-state index >= 15 is 0 Å². The van der Waals surface area contributed by atoms with Crippen LogP contribution in [-0.4, -0.2) is 38.5 Å². The molecule has 2 aromatic heterocycles. The highest BCUT2D eigenvalue weighted by atomic mass is 32.2. The van der Waals surface area contributed by atoms with Gasteiger partial charge >= 0.3 is 0 Å². The highest BCUT2D eigenvalue weighted by Gasteiger charge is 2.44. The first kappa shape index (κ1) is 17.4. The van der Waals surface area contributed by atoms with E-state index < -0.39 is 0 Å². The monoisotopic (exact) mass is 390 g/mol. The van der Waals surface area contributed by atoms with Gasteiger partial charge < -0.3 is 14.2 Å². The van der Waals surface area contributed by atoms with Gasteiger partial charge in [0.1, 0.15) is 11.8 Å². The third-order valence-corrected chi connectivity index (χ3v) is 6.42. The fourth-order valence-electron chi connectivity index (χ4n) is 4.05. The van der Waals surface area contributed by atoms with Gasteiger partial charge in [-0.3, -0.25) is 9.98 Å². The van der Waals surface area contributed by atoms with Gasteiger partial charge in [-0.2, -0.15) is 0 Å². The van der Waals surface area contributed by atoms with Crippen LogP contribution in [-0.2, 0) is 0 Å². The molecule has 0 aliphatic carbocycles. The molecule has 0 radical (unpaired) electrons. The normalized spacial score (nSPS) is 23.6. The van der Waals surface area contributed by atoms with E-state index in [1.807, 2.05) is 42.2 Å². The standard InChI is InChI=1S/C22H22N4OS/c1-15-14-26-21(20(24-22(26)28-15)18-6-3-4-12-23-18)19-7-5-13-25(19)16-8-10-17(27-2)11-9-16/h3-13,15,20-21H,14H2,1-2H3/t15-,20+,21-/m1/s1. The molecule has 28 heavy (non-hydrogen) atoms. The van der Waals surface area contributed by atoms with Crippen molar-refractivity contribution in [2.75, 3.05) is 13.7 Å². The van der Waals surface area contributed by atoms with E-state index in [0.29, 0.717) is 5.25 Å². The molecule has 0 amide bonds. The predicted molar refractivity (Wildman–Crippen MR) is 113 cm³/mol. The fraction of sp³-hybridized carbons (Fsp3) is 0.273. The number of amidine groups is 1. The van der Waals surface area contributed by atoms with Crippen LogP contribution in [0, 0.1) is 0 Å². The van der Waals surface area contributed by atoms with Crippen molar-refractivity contribution in [1.29, 1.82) is 0 Å². The van der Waals surface area contributed by atoms with Gasteiger partial charge in [0.05, 0.1) is 18.8 Å². The van der Waals surface area contributed by atoms with Crippen LogP contribution >= 0.6 is 11.8 Å². The fourth-order valence-corrected chi connectivity index (χ4v) is 5.14. The lowest BCUT2D eigenvalue weighted by atomic mass is 10.0. The SMILES string of the molecule is COc1ccc(-n2cccc2[C@@H]2[C@H](c3ccccn3)N=C3S[C@H](C)CN32)cc1. The average Bonchev–Trinajstić information content (AvgIpc) is 3.42. The van der Waals surface area contributed by atoms with Crippen molar-refractivity contribution in [1.82, 2.24) is 14.5 Å². The van der Waals surface area contributed by atoms with Crippen molar-refractivity contribution in [3.05, 3.63) is 78.4 Å². The number of rotatable bonds is 4. The summed E-state index contributed by atoms with van der Waals surface area (Å²) in [6.45, 7) is 3.27. The van der Waals surface area contributed by atoms with Gasteiger partial charge in [-0.1, -0.05) is 24.8 Å². The number of nitrogens with zero attached hydrogens (tertiary/aromatic N) is 4. The van der Waals surface area contributed by atoms with Crippen LogP contribution in [0.5, 0.6) is 5.75 Å². The van der Waals surface area contributed by atoms with Crippen molar-refractivity contribution in [2.24, 2.45) is 4.99 Å². The first-order valence-electron chi connectivity index (χ1n) is 9.48. The summed E-state index contributed by atoms with van der Waals surface area (Å²) in [6, 6.07) is 18.7. The molecule has 1 saturated heterocycles. The van der Waals surface area contributed by atoms with Gasteiger partial charge in [0.2, 0.25) is 0 Å². The van der Waals surface area contributed by atoms with Crippen LogP contribution in [0.25, 0.3) is 5.69 Å². The highest BCUT2D eigenvalue weighted by Crippen LogP contribution is 2.47. The van der Waals surface area contributed by atoms with Gasteiger partial charge in [0.15, 0.2) is 5.17 Å². The molecule has 0 spiro atoms. The van der Waals surface area contributed by atoms with Gasteiger partial charge in [0.25, 0.3) is 0 Å². The number of pyridine rings is 1. The Morgan fingerprint density at radius 1 is 1.07 bits per heavy atom. The predicted octanol–water partition coefficient (Wildman–Crippen LogP) is 4.47. The van der Waals surface area contributed by atoms with E-state index in [4.69, 9.17) is 9.73 Å². The summed E-state index contributed by atoms with van der Waals surface area (Å²) in [7, 11) is 1.69. The number of fused-ring (bicyclic) bond motifs is 1. The number of ether oxygens (including phenoxy) is 1. The largest absolute Gasteiger partial charge is 0.497 e. The lowest BCUT2D eigenvalue weighted by Crippen LogP contribution is -2.30. The smallest absolute Gasteiger partial charge is 0.160 e. The van der Waals surface area contributed by atoms with Gasteiger partial charge in [-0.25, -0.2) is 0 Å². The second-order valence-electron chi connectivity index (χ2n) is 7.14. The van der Waals surface area contributed by atoms with E-state index in [9.17, 15) is 0 Å². The van der Waals surface area contributed by atoms with E-state index in [0.717, 1.165) is 28.8 Å². The molecule has 0 unspecified atom stereocenters. The van der Waals surface area contributed by atoms with Gasteiger partial charge in [0, 0.05) is 35.6 Å². The Kier molecular flexibility index (Phi) is 4.36. The summed E-state index contributed by atoms with van der Waals surface area (Å²) in [6.07, 6.45) is 3.98. The van der Waals surface area contributed by atoms with Crippen LogP contribution < -0.4 is 4.74 Å². The van der Waals surface area contributed by atoms with Crippen molar-refractivity contribution in [3.63, 3.8) is 0 Å². The van der Waals surface area contributed by atoms with E-state index in [2.05, 4.69) is 57.9 Å². The van der Waals surface area contributed by atoms with Crippen LogP contribution in [0.4, 0.5) is 0 Å². The Labute approximate surface area is 169 Å². The Balaban J connectivity index is 1.58. The first-order chi connectivity index (χ1) is 13.7. The van der Waals surface area contributed by atoms with Crippen LogP contribution in [0.2, 0.25) is 0 Å². The maximum absolute atomic E-state index is 5.31. The maximum atomic E-state index is 5.31. The van der Waals surface area contributed by atoms with Crippen molar-refractivity contribution >= 4 is 16.9 Å². The second kappa shape index (κ2) is 7.02. The Bertz CT molecular complexity index is 999. The molecule has 0 saturated carbocycles. The van der Waals surface area contributed by atoms with Crippen LogP contribution in [0.3, 0.4) is 0 Å². The molecule has 3 aromatic rings. The lowest BCUT2D eigenvalue weighted by Gasteiger charge is -2.28. The molecule has 5 rings (SSSR count). The molecule has 1 aromatic carbocycles. The summed E-state index contributed by atoms with van der Waals surface area (Å²) in [5.41, 5.74) is 3.37. The topological polar surface area (TPSA) is 42.6 Å². The number of methoxy groups -OCH3 is 1. The Morgan fingerprint density at radius 2 is 1.93 bits per heavy atom. The number of benzene rings is 1. The van der Waals surface area contributed by atoms with E-state index in [1.54, 1.807) is 7.11 Å². The number of hydrogen-bond donors (Lipinski definition) is 0. The average molecular weight is 391 g/mol. The van der Waals surface area contributed by atoms with Gasteiger partial charge in [-0.15, -0.1) is 0 Å². The Morgan fingerprint density at radius 3 is 2.68 bits per heavy atom. The molecule has 2 aliphatic rings. The molecule has 6 heteroatoms. The number of aliphatic imine (C=N–C) groups is 1. The van der Waals surface area contributed by atoms with E-state index in [-0.39, 0.29) is 12.1 Å². The van der Waals surface area contributed by atoms with Crippen molar-refractivity contribution in [3.8, 4) is 11.4 Å². The minimum absolute atomic E-state index is 0.00287.